The smallest absolute Gasteiger partial charge is 0.0623 e. The van der Waals surface area contributed by atoms with Gasteiger partial charge in [-0.1, -0.05) is 108 Å². The maximum absolute atomic E-state index is 4.89. The van der Waals surface area contributed by atoms with E-state index in [0.717, 1.165) is 17.1 Å². The van der Waals surface area contributed by atoms with Crippen molar-refractivity contribution in [2.24, 2.45) is 4.99 Å². The normalized spacial score (nSPS) is 9.20. The first-order chi connectivity index (χ1) is 12.3. The minimum absolute atomic E-state index is 0.434. The van der Waals surface area contributed by atoms with Crippen LogP contribution in [0.15, 0.2) is 96.0 Å². The quantitative estimate of drug-likeness (QED) is 0.247. The molecule has 3 nitrogen and oxygen atoms in total. The van der Waals surface area contributed by atoms with Crippen molar-refractivity contribution in [1.82, 2.24) is 0 Å². The molecular weight excluding hydrogens is 389 g/mol. The molecule has 0 fully saturated rings. The maximum Gasteiger partial charge on any atom is -0.0623 e. The van der Waals surface area contributed by atoms with E-state index in [9.17, 15) is 0 Å². The van der Waals surface area contributed by atoms with Gasteiger partial charge in [-0.25, -0.2) is 0 Å². The molecule has 0 heterocycles. The van der Waals surface area contributed by atoms with Gasteiger partial charge in [0.1, 0.15) is 0 Å². The largest absolute Gasteiger partial charge is 0.525 e. The molecule has 0 radical (unpaired) electrons. The van der Waals surface area contributed by atoms with E-state index in [0.29, 0.717) is 5.96 Å². The molecule has 0 aliphatic rings. The van der Waals surface area contributed by atoms with Crippen molar-refractivity contribution in [3.8, 4) is 0 Å². The van der Waals surface area contributed by atoms with Crippen LogP contribution in [0, 0.1) is 0 Å². The Balaban J connectivity index is 0.000000701. The molecule has 0 aromatic heterocycles. The SMILES string of the molecule is [Cl][Ti][Cl].c1ccc(N=C([N-]c2ccccc2)[N-]c2ccccc2)cc1. The van der Waals surface area contributed by atoms with E-state index in [1.165, 1.54) is 0 Å². The Hall–Kier alpha value is -1.78. The Labute approximate surface area is 164 Å². The zero-order valence-electron chi connectivity index (χ0n) is 13.3. The number of guanidine groups is 1. The molecular formula is C19H15Cl2N3Ti-2. The van der Waals surface area contributed by atoms with Crippen molar-refractivity contribution in [3.63, 3.8) is 0 Å². The van der Waals surface area contributed by atoms with Crippen molar-refractivity contribution < 1.29 is 17.0 Å². The number of hydrogen-bond acceptors (Lipinski definition) is 1. The molecule has 25 heavy (non-hydrogen) atoms. The molecule has 0 saturated carbocycles. The van der Waals surface area contributed by atoms with Gasteiger partial charge in [0.2, 0.25) is 0 Å². The first-order valence-electron chi connectivity index (χ1n) is 7.45. The number of benzene rings is 3. The number of halogens is 2. The standard InChI is InChI=1S/C19H15N3.2ClH.Ti/c1-4-10-16(11-5-1)20-19(21-17-12-6-2-7-13-17)22-18-14-8-3-9-15-18;;;/h1-15H;2*1H;/q-2;;;+2/p-2. The van der Waals surface area contributed by atoms with Gasteiger partial charge in [0, 0.05) is 0 Å². The van der Waals surface area contributed by atoms with Crippen LogP contribution in [0.25, 0.3) is 10.6 Å². The Morgan fingerprint density at radius 1 is 0.640 bits per heavy atom. The second-order valence-corrected chi connectivity index (χ2v) is 7.29. The first kappa shape index (κ1) is 19.5. The molecule has 6 heteroatoms. The van der Waals surface area contributed by atoms with Gasteiger partial charge in [-0.05, 0) is 0 Å². The Morgan fingerprint density at radius 3 is 1.40 bits per heavy atom. The van der Waals surface area contributed by atoms with Gasteiger partial charge in [0.05, 0.1) is 0 Å². The first-order valence-corrected chi connectivity index (χ1v) is 11.7. The average molecular weight is 404 g/mol. The molecule has 0 amide bonds. The number of nitrogens with zero attached hydrogens (tertiary/aromatic N) is 3. The van der Waals surface area contributed by atoms with E-state index in [1.54, 1.807) is 0 Å². The van der Waals surface area contributed by atoms with Gasteiger partial charge in [-0.15, -0.1) is 0 Å². The molecule has 3 rings (SSSR count). The molecule has 0 saturated heterocycles. The molecule has 0 unspecified atom stereocenters. The Morgan fingerprint density at radius 2 is 1.00 bits per heavy atom. The van der Waals surface area contributed by atoms with E-state index < -0.39 is 17.0 Å². The van der Waals surface area contributed by atoms with E-state index in [2.05, 4.69) is 15.6 Å². The zero-order chi connectivity index (χ0) is 17.7. The molecule has 0 spiro atoms. The third-order valence-corrected chi connectivity index (χ3v) is 2.96. The number of rotatable bonds is 3. The summed E-state index contributed by atoms with van der Waals surface area (Å²) in [5, 5.41) is 9.06. The molecule has 0 atom stereocenters. The number of aliphatic imine (C=N–C) groups is 1. The fraction of sp³-hybridized carbons (Fsp3) is 0. The third-order valence-electron chi connectivity index (χ3n) is 2.96. The summed E-state index contributed by atoms with van der Waals surface area (Å²) in [5.74, 6) is 0.434. The molecule has 3 aromatic rings. The van der Waals surface area contributed by atoms with Crippen LogP contribution in [0.5, 0.6) is 0 Å². The van der Waals surface area contributed by atoms with Crippen LogP contribution < -0.4 is 0 Å². The van der Waals surface area contributed by atoms with Crippen LogP contribution in [-0.2, 0) is 17.0 Å². The van der Waals surface area contributed by atoms with Crippen molar-refractivity contribution in [2.75, 3.05) is 0 Å². The van der Waals surface area contributed by atoms with Crippen LogP contribution >= 0.6 is 18.6 Å². The maximum atomic E-state index is 4.89. The van der Waals surface area contributed by atoms with Gasteiger partial charge in [-0.2, -0.15) is 5.96 Å². The average Bonchev–Trinajstić information content (AvgIpc) is 2.65. The molecule has 0 bridgehead atoms. The molecule has 3 aromatic carbocycles. The molecule has 0 N–H and O–H groups in total. The van der Waals surface area contributed by atoms with Crippen LogP contribution in [0.2, 0.25) is 0 Å². The Bertz CT molecular complexity index is 710. The summed E-state index contributed by atoms with van der Waals surface area (Å²) in [4.78, 5) is 4.53. The van der Waals surface area contributed by atoms with E-state index >= 15 is 0 Å². The summed E-state index contributed by atoms with van der Waals surface area (Å²) in [7, 11) is 9.78. The number of para-hydroxylation sites is 3. The zero-order valence-corrected chi connectivity index (χ0v) is 16.3. The summed E-state index contributed by atoms with van der Waals surface area (Å²) in [6, 6.07) is 29.1. The van der Waals surface area contributed by atoms with E-state index in [-0.39, 0.29) is 0 Å². The van der Waals surface area contributed by atoms with Crippen molar-refractivity contribution in [1.29, 1.82) is 0 Å². The van der Waals surface area contributed by atoms with Gasteiger partial charge in [0.15, 0.2) is 0 Å². The second-order valence-electron chi connectivity index (χ2n) is 4.71. The van der Waals surface area contributed by atoms with Crippen LogP contribution in [0.4, 0.5) is 17.1 Å². The third kappa shape index (κ3) is 7.76. The minimum atomic E-state index is -0.556. The summed E-state index contributed by atoms with van der Waals surface area (Å²) in [5.41, 5.74) is 2.49. The van der Waals surface area contributed by atoms with Gasteiger partial charge >= 0.3 is 35.6 Å². The second kappa shape index (κ2) is 11.7. The van der Waals surface area contributed by atoms with Crippen LogP contribution in [-0.4, -0.2) is 5.96 Å². The molecule has 0 aliphatic carbocycles. The summed E-state index contributed by atoms with van der Waals surface area (Å²) < 4.78 is 0. The van der Waals surface area contributed by atoms with Crippen molar-refractivity contribution >= 4 is 41.6 Å². The predicted octanol–water partition coefficient (Wildman–Crippen LogP) is 7.46. The predicted molar refractivity (Wildman–Crippen MR) is 104 cm³/mol. The van der Waals surface area contributed by atoms with Crippen molar-refractivity contribution in [3.05, 3.63) is 102 Å². The molecule has 0 aliphatic heterocycles. The fourth-order valence-corrected chi connectivity index (χ4v) is 1.93. The van der Waals surface area contributed by atoms with E-state index in [4.69, 9.17) is 18.6 Å². The monoisotopic (exact) mass is 403 g/mol. The summed E-state index contributed by atoms with van der Waals surface area (Å²) in [6.07, 6.45) is 0. The van der Waals surface area contributed by atoms with Gasteiger partial charge in [-0.3, -0.25) is 0 Å². The van der Waals surface area contributed by atoms with Gasteiger partial charge in [0.25, 0.3) is 0 Å². The van der Waals surface area contributed by atoms with Gasteiger partial charge < -0.3 is 15.6 Å². The summed E-state index contributed by atoms with van der Waals surface area (Å²) >= 11 is -0.556. The summed E-state index contributed by atoms with van der Waals surface area (Å²) in [6.45, 7) is 0. The minimum Gasteiger partial charge on any atom is -0.525 e. The molecule has 126 valence electrons. The van der Waals surface area contributed by atoms with Crippen LogP contribution in [0.1, 0.15) is 0 Å². The topological polar surface area (TPSA) is 40.6 Å². The van der Waals surface area contributed by atoms with Crippen molar-refractivity contribution in [2.45, 2.75) is 0 Å². The van der Waals surface area contributed by atoms with Crippen LogP contribution in [0.3, 0.4) is 0 Å². The Kier molecular flexibility index (Phi) is 9.17. The number of hydrogen-bond donors (Lipinski definition) is 0. The van der Waals surface area contributed by atoms with E-state index in [1.807, 2.05) is 91.0 Å². The fourth-order valence-electron chi connectivity index (χ4n) is 1.93.